The first-order valence-corrected chi connectivity index (χ1v) is 7.73. The molecule has 0 bridgehead atoms. The first-order valence-electron chi connectivity index (χ1n) is 5.58. The van der Waals surface area contributed by atoms with E-state index in [9.17, 15) is 4.79 Å². The second-order valence-electron chi connectivity index (χ2n) is 3.78. The average Bonchev–Trinajstić information content (AvgIpc) is 2.42. The molecule has 98 valence electrons. The van der Waals surface area contributed by atoms with E-state index in [0.717, 1.165) is 9.37 Å². The summed E-state index contributed by atoms with van der Waals surface area (Å²) in [5.41, 5.74) is 0.701. The molecule has 0 fully saturated rings. The van der Waals surface area contributed by atoms with Crippen molar-refractivity contribution in [3.05, 3.63) is 58.0 Å². The van der Waals surface area contributed by atoms with Crippen LogP contribution >= 0.6 is 39.3 Å². The number of hydrogen-bond acceptors (Lipinski definition) is 2. The molecule has 0 saturated carbocycles. The van der Waals surface area contributed by atoms with Crippen LogP contribution in [0.3, 0.4) is 0 Å². The molecule has 0 unspecified atom stereocenters. The van der Waals surface area contributed by atoms with Crippen LogP contribution in [-0.4, -0.2) is 11.7 Å². The van der Waals surface area contributed by atoms with Gasteiger partial charge in [-0.3, -0.25) is 4.79 Å². The highest BCUT2D eigenvalue weighted by atomic mass is 79.9. The molecule has 0 aliphatic heterocycles. The lowest BCUT2D eigenvalue weighted by molar-refractivity contribution is -0.113. The van der Waals surface area contributed by atoms with Gasteiger partial charge < -0.3 is 5.32 Å². The molecule has 2 rings (SSSR count). The van der Waals surface area contributed by atoms with Crippen LogP contribution in [0.4, 0.5) is 5.69 Å². The van der Waals surface area contributed by atoms with Crippen LogP contribution < -0.4 is 5.32 Å². The maximum Gasteiger partial charge on any atom is 0.234 e. The van der Waals surface area contributed by atoms with E-state index in [1.54, 1.807) is 12.1 Å². The Bertz CT molecular complexity index is 577. The van der Waals surface area contributed by atoms with Crippen LogP contribution in [0.5, 0.6) is 0 Å². The van der Waals surface area contributed by atoms with Gasteiger partial charge in [-0.05, 0) is 46.3 Å². The van der Waals surface area contributed by atoms with Gasteiger partial charge in [0.1, 0.15) is 0 Å². The molecule has 0 heterocycles. The van der Waals surface area contributed by atoms with Gasteiger partial charge in [0.25, 0.3) is 0 Å². The molecule has 0 spiro atoms. The fourth-order valence-corrected chi connectivity index (χ4v) is 2.58. The van der Waals surface area contributed by atoms with E-state index in [-0.39, 0.29) is 5.91 Å². The third kappa shape index (κ3) is 4.56. The molecule has 5 heteroatoms. The van der Waals surface area contributed by atoms with Crippen LogP contribution in [0.2, 0.25) is 5.02 Å². The molecular formula is C14H11BrClNOS. The van der Waals surface area contributed by atoms with E-state index in [2.05, 4.69) is 21.2 Å². The van der Waals surface area contributed by atoms with Crippen LogP contribution in [0, 0.1) is 0 Å². The van der Waals surface area contributed by atoms with Crippen molar-refractivity contribution in [3.8, 4) is 0 Å². The number of nitrogens with one attached hydrogen (secondary N) is 1. The number of amides is 1. The zero-order chi connectivity index (χ0) is 13.7. The highest BCUT2D eigenvalue weighted by Gasteiger charge is 2.05. The van der Waals surface area contributed by atoms with Crippen LogP contribution in [0.25, 0.3) is 0 Å². The Hall–Kier alpha value is -0.970. The molecule has 2 nitrogen and oxygen atoms in total. The van der Waals surface area contributed by atoms with Gasteiger partial charge in [-0.15, -0.1) is 11.8 Å². The van der Waals surface area contributed by atoms with Crippen molar-refractivity contribution in [2.45, 2.75) is 4.90 Å². The summed E-state index contributed by atoms with van der Waals surface area (Å²) < 4.78 is 0.811. The van der Waals surface area contributed by atoms with E-state index in [0.29, 0.717) is 16.5 Å². The molecule has 0 atom stereocenters. The average molecular weight is 357 g/mol. The van der Waals surface area contributed by atoms with Gasteiger partial charge in [0.15, 0.2) is 0 Å². The predicted molar refractivity (Wildman–Crippen MR) is 84.9 cm³/mol. The monoisotopic (exact) mass is 355 g/mol. The number of rotatable bonds is 4. The minimum Gasteiger partial charge on any atom is -0.325 e. The van der Waals surface area contributed by atoms with Crippen LogP contribution in [0.15, 0.2) is 57.9 Å². The lowest BCUT2D eigenvalue weighted by Crippen LogP contribution is -2.13. The van der Waals surface area contributed by atoms with Crippen molar-refractivity contribution < 1.29 is 4.79 Å². The van der Waals surface area contributed by atoms with E-state index >= 15 is 0 Å². The molecule has 0 aromatic heterocycles. The summed E-state index contributed by atoms with van der Waals surface area (Å²) in [6.07, 6.45) is 0. The second kappa shape index (κ2) is 6.98. The lowest BCUT2D eigenvalue weighted by atomic mass is 10.3. The fraction of sp³-hybridized carbons (Fsp3) is 0.0714. The van der Waals surface area contributed by atoms with Crippen molar-refractivity contribution in [1.82, 2.24) is 0 Å². The van der Waals surface area contributed by atoms with Gasteiger partial charge >= 0.3 is 0 Å². The largest absolute Gasteiger partial charge is 0.325 e. The van der Waals surface area contributed by atoms with Crippen molar-refractivity contribution in [3.63, 3.8) is 0 Å². The minimum atomic E-state index is -0.0488. The number of carbonyl (C=O) groups is 1. The third-order valence-electron chi connectivity index (χ3n) is 2.32. The van der Waals surface area contributed by atoms with Gasteiger partial charge in [0, 0.05) is 15.1 Å². The summed E-state index contributed by atoms with van der Waals surface area (Å²) >= 11 is 10.8. The van der Waals surface area contributed by atoms with Crippen molar-refractivity contribution in [2.24, 2.45) is 0 Å². The molecule has 0 radical (unpaired) electrons. The zero-order valence-corrected chi connectivity index (χ0v) is 13.1. The second-order valence-corrected chi connectivity index (χ2v) is 6.09. The van der Waals surface area contributed by atoms with Gasteiger partial charge in [0.05, 0.1) is 10.8 Å². The number of benzene rings is 2. The fourth-order valence-electron chi connectivity index (χ4n) is 1.44. The normalized spacial score (nSPS) is 10.2. The van der Waals surface area contributed by atoms with Crippen LogP contribution in [0.1, 0.15) is 0 Å². The number of carbonyl (C=O) groups excluding carboxylic acids is 1. The predicted octanol–water partition coefficient (Wildman–Crippen LogP) is 4.83. The summed E-state index contributed by atoms with van der Waals surface area (Å²) in [5, 5.41) is 3.39. The first-order chi connectivity index (χ1) is 9.15. The Morgan fingerprint density at radius 3 is 2.63 bits per heavy atom. The summed E-state index contributed by atoms with van der Waals surface area (Å²) in [5.74, 6) is 0.324. The molecule has 0 aliphatic rings. The molecule has 0 saturated heterocycles. The molecule has 1 N–H and O–H groups in total. The van der Waals surface area contributed by atoms with E-state index < -0.39 is 0 Å². The van der Waals surface area contributed by atoms with Gasteiger partial charge in [-0.25, -0.2) is 0 Å². The number of anilines is 1. The Morgan fingerprint density at radius 2 is 1.95 bits per heavy atom. The van der Waals surface area contributed by atoms with E-state index in [4.69, 9.17) is 11.6 Å². The molecule has 1 amide bonds. The number of thioether (sulfide) groups is 1. The third-order valence-corrected chi connectivity index (χ3v) is 4.56. The Balaban J connectivity index is 1.89. The SMILES string of the molecule is O=C(CSc1ccccc1)Nc1ccc(Br)c(Cl)c1. The summed E-state index contributed by atoms with van der Waals surface area (Å²) in [6.45, 7) is 0. The topological polar surface area (TPSA) is 29.1 Å². The molecule has 0 aliphatic carbocycles. The Labute approximate surface area is 129 Å². The number of halogens is 2. The molecular weight excluding hydrogens is 346 g/mol. The first kappa shape index (κ1) is 14.4. The van der Waals surface area contributed by atoms with Crippen molar-refractivity contribution in [1.29, 1.82) is 0 Å². The highest BCUT2D eigenvalue weighted by molar-refractivity contribution is 9.10. The Morgan fingerprint density at radius 1 is 1.21 bits per heavy atom. The molecule has 2 aromatic carbocycles. The maximum atomic E-state index is 11.8. The smallest absolute Gasteiger partial charge is 0.234 e. The number of hydrogen-bond donors (Lipinski definition) is 1. The summed E-state index contributed by atoms with van der Waals surface area (Å²) in [4.78, 5) is 12.9. The summed E-state index contributed by atoms with van der Waals surface area (Å²) in [7, 11) is 0. The lowest BCUT2D eigenvalue weighted by Gasteiger charge is -2.06. The standard InChI is InChI=1S/C14H11BrClNOS/c15-12-7-6-10(8-13(12)16)17-14(18)9-19-11-4-2-1-3-5-11/h1-8H,9H2,(H,17,18). The van der Waals surface area contributed by atoms with E-state index in [1.807, 2.05) is 36.4 Å². The van der Waals surface area contributed by atoms with E-state index in [1.165, 1.54) is 11.8 Å². The zero-order valence-electron chi connectivity index (χ0n) is 9.90. The van der Waals surface area contributed by atoms with Crippen molar-refractivity contribution in [2.75, 3.05) is 11.1 Å². The maximum absolute atomic E-state index is 11.8. The van der Waals surface area contributed by atoms with Crippen molar-refractivity contribution >= 4 is 50.9 Å². The van der Waals surface area contributed by atoms with Gasteiger partial charge in [-0.2, -0.15) is 0 Å². The highest BCUT2D eigenvalue weighted by Crippen LogP contribution is 2.25. The van der Waals surface area contributed by atoms with Gasteiger partial charge in [-0.1, -0.05) is 29.8 Å². The van der Waals surface area contributed by atoms with Gasteiger partial charge in [0.2, 0.25) is 5.91 Å². The molecule has 2 aromatic rings. The summed E-state index contributed by atoms with van der Waals surface area (Å²) in [6, 6.07) is 15.2. The molecule has 19 heavy (non-hydrogen) atoms. The quantitative estimate of drug-likeness (QED) is 0.795. The minimum absolute atomic E-state index is 0.0488. The Kier molecular flexibility index (Phi) is 5.31. The van der Waals surface area contributed by atoms with Crippen LogP contribution in [-0.2, 0) is 4.79 Å².